The third kappa shape index (κ3) is 6.92. The van der Waals surface area contributed by atoms with Crippen molar-refractivity contribution in [2.24, 2.45) is 5.73 Å². The maximum atomic E-state index is 11.9. The van der Waals surface area contributed by atoms with E-state index in [9.17, 15) is 4.79 Å². The van der Waals surface area contributed by atoms with Crippen molar-refractivity contribution in [1.29, 1.82) is 0 Å². The SMILES string of the molecule is CC(C)(C)OC(=O)NC1CCN(c2ncnc3sccc23)CC1.NC1CCN(c2ncnc3sccc23)CC1. The van der Waals surface area contributed by atoms with Crippen LogP contribution in [0.1, 0.15) is 46.5 Å². The molecule has 2 aliphatic rings. The maximum Gasteiger partial charge on any atom is 0.407 e. The van der Waals surface area contributed by atoms with Gasteiger partial charge in [0.15, 0.2) is 0 Å². The van der Waals surface area contributed by atoms with Crippen LogP contribution >= 0.6 is 22.7 Å². The summed E-state index contributed by atoms with van der Waals surface area (Å²) in [6.45, 7) is 9.35. The van der Waals surface area contributed by atoms with Crippen molar-refractivity contribution in [3.63, 3.8) is 0 Å². The second kappa shape index (κ2) is 12.0. The molecule has 0 unspecified atom stereocenters. The van der Waals surface area contributed by atoms with Crippen LogP contribution in [-0.4, -0.2) is 69.9 Å². The Morgan fingerprint density at radius 1 is 0.872 bits per heavy atom. The lowest BCUT2D eigenvalue weighted by molar-refractivity contribution is 0.0497. The highest BCUT2D eigenvalue weighted by Crippen LogP contribution is 2.29. The number of piperidine rings is 2. The summed E-state index contributed by atoms with van der Waals surface area (Å²) in [5.74, 6) is 2.06. The minimum absolute atomic E-state index is 0.154. The van der Waals surface area contributed by atoms with Crippen molar-refractivity contribution in [1.82, 2.24) is 25.3 Å². The average molecular weight is 569 g/mol. The number of rotatable bonds is 3. The number of nitrogens with two attached hydrogens (primary N) is 1. The molecule has 0 atom stereocenters. The van der Waals surface area contributed by atoms with Crippen molar-refractivity contribution in [2.45, 2.75) is 64.1 Å². The zero-order chi connectivity index (χ0) is 27.4. The molecule has 3 N–H and O–H groups in total. The lowest BCUT2D eigenvalue weighted by atomic mass is 10.1. The number of carbonyl (C=O) groups is 1. The second-order valence-corrected chi connectivity index (χ2v) is 12.7. The molecule has 208 valence electrons. The number of amides is 1. The Labute approximate surface area is 236 Å². The first-order valence-corrected chi connectivity index (χ1v) is 15.1. The molecule has 0 aliphatic carbocycles. The van der Waals surface area contributed by atoms with E-state index in [0.29, 0.717) is 6.04 Å². The summed E-state index contributed by atoms with van der Waals surface area (Å²) in [5.41, 5.74) is 5.45. The Bertz CT molecular complexity index is 1390. The van der Waals surface area contributed by atoms with Gasteiger partial charge in [0, 0.05) is 38.3 Å². The molecule has 0 bridgehead atoms. The Morgan fingerprint density at radius 2 is 1.36 bits per heavy atom. The summed E-state index contributed by atoms with van der Waals surface area (Å²) in [5, 5.41) is 9.35. The number of thiophene rings is 2. The number of aromatic nitrogens is 4. The average Bonchev–Trinajstić information content (AvgIpc) is 3.58. The van der Waals surface area contributed by atoms with Crippen LogP contribution in [0.5, 0.6) is 0 Å². The van der Waals surface area contributed by atoms with Gasteiger partial charge in [-0.1, -0.05) is 0 Å². The van der Waals surface area contributed by atoms with Gasteiger partial charge in [0.25, 0.3) is 0 Å². The zero-order valence-corrected chi connectivity index (χ0v) is 24.3. The van der Waals surface area contributed by atoms with Gasteiger partial charge in [0.05, 0.1) is 10.8 Å². The third-order valence-corrected chi connectivity index (χ3v) is 8.48. The molecule has 4 aromatic heterocycles. The lowest BCUT2D eigenvalue weighted by Gasteiger charge is -2.33. The molecule has 12 heteroatoms. The summed E-state index contributed by atoms with van der Waals surface area (Å²) in [6, 6.07) is 4.68. The summed E-state index contributed by atoms with van der Waals surface area (Å²) in [7, 11) is 0. The quantitative estimate of drug-likeness (QED) is 0.359. The smallest absolute Gasteiger partial charge is 0.407 e. The number of fused-ring (bicyclic) bond motifs is 2. The number of nitrogens with zero attached hydrogens (tertiary/aromatic N) is 6. The number of hydrogen-bond acceptors (Lipinski definition) is 11. The van der Waals surface area contributed by atoms with Crippen molar-refractivity contribution in [2.75, 3.05) is 36.0 Å². The van der Waals surface area contributed by atoms with Crippen molar-refractivity contribution < 1.29 is 9.53 Å². The molecular weight excluding hydrogens is 532 g/mol. The van der Waals surface area contributed by atoms with E-state index in [0.717, 1.165) is 78.5 Å². The molecule has 2 saturated heterocycles. The van der Waals surface area contributed by atoms with Crippen LogP contribution in [0.3, 0.4) is 0 Å². The van der Waals surface area contributed by atoms with Crippen LogP contribution in [0.15, 0.2) is 35.5 Å². The molecule has 4 aromatic rings. The Morgan fingerprint density at radius 3 is 1.85 bits per heavy atom. The summed E-state index contributed by atoms with van der Waals surface area (Å²) in [6.07, 6.45) is 6.81. The molecule has 1 amide bonds. The Kier molecular flexibility index (Phi) is 8.43. The molecule has 0 radical (unpaired) electrons. The summed E-state index contributed by atoms with van der Waals surface area (Å²) >= 11 is 3.29. The number of anilines is 2. The number of carbonyl (C=O) groups excluding carboxylic acids is 1. The first-order chi connectivity index (χ1) is 18.8. The summed E-state index contributed by atoms with van der Waals surface area (Å²) < 4.78 is 5.32. The molecule has 2 aliphatic heterocycles. The van der Waals surface area contributed by atoms with Crippen LogP contribution in [0.25, 0.3) is 20.4 Å². The van der Waals surface area contributed by atoms with Gasteiger partial charge in [-0.15, -0.1) is 22.7 Å². The molecular formula is C27H36N8O2S2. The second-order valence-electron chi connectivity index (χ2n) is 10.9. The fraction of sp³-hybridized carbons (Fsp3) is 0.519. The van der Waals surface area contributed by atoms with Gasteiger partial charge in [-0.2, -0.15) is 0 Å². The number of ether oxygens (including phenoxy) is 1. The van der Waals surface area contributed by atoms with Crippen molar-refractivity contribution in [3.8, 4) is 0 Å². The molecule has 0 aromatic carbocycles. The van der Waals surface area contributed by atoms with Crippen molar-refractivity contribution >= 4 is 60.8 Å². The Balaban J connectivity index is 0.000000168. The van der Waals surface area contributed by atoms with Crippen LogP contribution in [0.2, 0.25) is 0 Å². The first kappa shape index (κ1) is 27.5. The van der Waals surface area contributed by atoms with Crippen LogP contribution < -0.4 is 20.9 Å². The van der Waals surface area contributed by atoms with E-state index in [-0.39, 0.29) is 12.1 Å². The third-order valence-electron chi connectivity index (χ3n) is 6.84. The van der Waals surface area contributed by atoms with Crippen molar-refractivity contribution in [3.05, 3.63) is 35.5 Å². The maximum absolute atomic E-state index is 11.9. The number of nitrogens with one attached hydrogen (secondary N) is 1. The number of alkyl carbamates (subject to hydrolysis) is 1. The van der Waals surface area contributed by atoms with E-state index in [2.05, 4.69) is 52.6 Å². The fourth-order valence-electron chi connectivity index (χ4n) is 4.88. The lowest BCUT2D eigenvalue weighted by Crippen LogP contribution is -2.46. The van der Waals surface area contributed by atoms with E-state index >= 15 is 0 Å². The Hall–Kier alpha value is -3.09. The molecule has 39 heavy (non-hydrogen) atoms. The van der Waals surface area contributed by atoms with Gasteiger partial charge >= 0.3 is 6.09 Å². The van der Waals surface area contributed by atoms with E-state index < -0.39 is 5.60 Å². The predicted molar refractivity (Wildman–Crippen MR) is 159 cm³/mol. The van der Waals surface area contributed by atoms with E-state index in [4.69, 9.17) is 10.5 Å². The largest absolute Gasteiger partial charge is 0.444 e. The van der Waals surface area contributed by atoms with Gasteiger partial charge in [-0.3, -0.25) is 0 Å². The highest BCUT2D eigenvalue weighted by Gasteiger charge is 2.25. The van der Waals surface area contributed by atoms with Gasteiger partial charge < -0.3 is 25.6 Å². The van der Waals surface area contributed by atoms with Crippen LogP contribution in [-0.2, 0) is 4.74 Å². The van der Waals surface area contributed by atoms with Crippen LogP contribution in [0, 0.1) is 0 Å². The molecule has 0 spiro atoms. The summed E-state index contributed by atoms with van der Waals surface area (Å²) in [4.78, 5) is 35.9. The van der Waals surface area contributed by atoms with Gasteiger partial charge in [-0.05, 0) is 69.3 Å². The molecule has 10 nitrogen and oxygen atoms in total. The van der Waals surface area contributed by atoms with E-state index in [1.165, 1.54) is 5.39 Å². The topological polar surface area (TPSA) is 122 Å². The minimum Gasteiger partial charge on any atom is -0.444 e. The molecule has 6 heterocycles. The van der Waals surface area contributed by atoms with Gasteiger partial charge in [-0.25, -0.2) is 24.7 Å². The molecule has 0 saturated carbocycles. The fourth-order valence-corrected chi connectivity index (χ4v) is 6.33. The van der Waals surface area contributed by atoms with E-state index in [1.807, 2.05) is 26.2 Å². The molecule has 6 rings (SSSR count). The van der Waals surface area contributed by atoms with Gasteiger partial charge in [0.1, 0.15) is 39.6 Å². The standard InChI is InChI=1S/C16H22N4O2S.C11H14N4S/c1-16(2,3)22-15(21)19-11-4-7-20(8-5-11)13-12-6-9-23-14(12)18-10-17-13;12-8-1-4-15(5-2-8)10-9-3-6-16-11(9)14-7-13-10/h6,9-11H,4-5,7-8H2,1-3H3,(H,19,21);3,6-8H,1-2,4-5,12H2. The van der Waals surface area contributed by atoms with Gasteiger partial charge in [0.2, 0.25) is 0 Å². The molecule has 2 fully saturated rings. The monoisotopic (exact) mass is 568 g/mol. The highest BCUT2D eigenvalue weighted by molar-refractivity contribution is 7.17. The minimum atomic E-state index is -0.462. The van der Waals surface area contributed by atoms with Crippen LogP contribution in [0.4, 0.5) is 16.4 Å². The number of hydrogen-bond donors (Lipinski definition) is 2. The predicted octanol–water partition coefficient (Wildman–Crippen LogP) is 4.80. The normalized spacial score (nSPS) is 17.2. The first-order valence-electron chi connectivity index (χ1n) is 13.4. The zero-order valence-electron chi connectivity index (χ0n) is 22.7. The van der Waals surface area contributed by atoms with E-state index in [1.54, 1.807) is 35.3 Å². The highest BCUT2D eigenvalue weighted by atomic mass is 32.1.